The largest absolute Gasteiger partial charge is 0.383 e. The molecule has 1 N–H and O–H groups in total. The fourth-order valence-electron chi connectivity index (χ4n) is 3.61. The minimum Gasteiger partial charge on any atom is -0.383 e. The maximum atomic E-state index is 4.46. The number of nitrogens with zero attached hydrogens (tertiary/aromatic N) is 4. The SMILES string of the molecule is CCN(CC)CCCNc1c2cnnc(-c3cccs3)c2n2ccccc12. The van der Waals surface area contributed by atoms with Crippen LogP contribution < -0.4 is 5.32 Å². The standard InChI is InChI=1S/C21H25N5S/c1-3-25(4-2)12-8-11-22-19-16-15-23-24-20(18-10-7-14-27-18)21(16)26-13-6-5-9-17(19)26/h5-7,9-10,13-15,22H,3-4,8,11-12H2,1-2H3. The van der Waals surface area contributed by atoms with Crippen LogP contribution >= 0.6 is 11.3 Å². The predicted molar refractivity (Wildman–Crippen MR) is 115 cm³/mol. The van der Waals surface area contributed by atoms with Crippen LogP contribution in [0.3, 0.4) is 0 Å². The molecule has 0 aliphatic carbocycles. The lowest BCUT2D eigenvalue weighted by molar-refractivity contribution is 0.303. The second-order valence-electron chi connectivity index (χ2n) is 6.57. The minimum atomic E-state index is 0.941. The Morgan fingerprint density at radius 2 is 2.04 bits per heavy atom. The predicted octanol–water partition coefficient (Wildman–Crippen LogP) is 4.75. The maximum Gasteiger partial charge on any atom is 0.128 e. The maximum absolute atomic E-state index is 4.46. The van der Waals surface area contributed by atoms with Gasteiger partial charge >= 0.3 is 0 Å². The normalized spacial score (nSPS) is 11.7. The Morgan fingerprint density at radius 3 is 2.81 bits per heavy atom. The monoisotopic (exact) mass is 379 g/mol. The topological polar surface area (TPSA) is 45.5 Å². The van der Waals surface area contributed by atoms with Gasteiger partial charge in [0.15, 0.2) is 0 Å². The molecule has 0 aliphatic rings. The highest BCUT2D eigenvalue weighted by molar-refractivity contribution is 7.13. The molecule has 0 radical (unpaired) electrons. The van der Waals surface area contributed by atoms with E-state index in [0.29, 0.717) is 0 Å². The van der Waals surface area contributed by atoms with Gasteiger partial charge in [-0.05, 0) is 49.6 Å². The van der Waals surface area contributed by atoms with Crippen molar-refractivity contribution in [1.82, 2.24) is 19.5 Å². The van der Waals surface area contributed by atoms with Gasteiger partial charge in [-0.25, -0.2) is 0 Å². The number of fused-ring (bicyclic) bond motifs is 3. The third-order valence-corrected chi connectivity index (χ3v) is 5.93. The van der Waals surface area contributed by atoms with Crippen molar-refractivity contribution in [2.75, 3.05) is 31.5 Å². The number of anilines is 1. The van der Waals surface area contributed by atoms with Gasteiger partial charge in [-0.3, -0.25) is 0 Å². The second kappa shape index (κ2) is 8.06. The van der Waals surface area contributed by atoms with Gasteiger partial charge in [-0.15, -0.1) is 16.4 Å². The van der Waals surface area contributed by atoms with E-state index in [1.807, 2.05) is 6.20 Å². The van der Waals surface area contributed by atoms with Gasteiger partial charge in [-0.2, -0.15) is 5.10 Å². The molecule has 140 valence electrons. The number of pyridine rings is 1. The Balaban J connectivity index is 1.71. The first-order valence-electron chi connectivity index (χ1n) is 9.58. The van der Waals surface area contributed by atoms with E-state index in [1.165, 1.54) is 5.52 Å². The minimum absolute atomic E-state index is 0.941. The molecular formula is C21H25N5S. The van der Waals surface area contributed by atoms with E-state index in [9.17, 15) is 0 Å². The van der Waals surface area contributed by atoms with Gasteiger partial charge < -0.3 is 14.6 Å². The van der Waals surface area contributed by atoms with Crippen LogP contribution in [0.25, 0.3) is 27.0 Å². The Bertz CT molecular complexity index is 1020. The molecule has 0 unspecified atom stereocenters. The smallest absolute Gasteiger partial charge is 0.128 e. The van der Waals surface area contributed by atoms with Crippen LogP contribution in [0.1, 0.15) is 20.3 Å². The Labute approximate surface area is 163 Å². The van der Waals surface area contributed by atoms with Crippen molar-refractivity contribution in [2.45, 2.75) is 20.3 Å². The highest BCUT2D eigenvalue weighted by atomic mass is 32.1. The molecule has 0 saturated heterocycles. The fraction of sp³-hybridized carbons (Fsp3) is 0.333. The van der Waals surface area contributed by atoms with Crippen molar-refractivity contribution in [3.63, 3.8) is 0 Å². The molecule has 4 heterocycles. The summed E-state index contributed by atoms with van der Waals surface area (Å²) in [6.45, 7) is 8.70. The summed E-state index contributed by atoms with van der Waals surface area (Å²) in [6.07, 6.45) is 5.10. The molecule has 0 saturated carbocycles. The van der Waals surface area contributed by atoms with E-state index >= 15 is 0 Å². The number of aromatic nitrogens is 3. The van der Waals surface area contributed by atoms with Gasteiger partial charge in [0, 0.05) is 18.1 Å². The van der Waals surface area contributed by atoms with Gasteiger partial charge in [0.2, 0.25) is 0 Å². The van der Waals surface area contributed by atoms with E-state index in [1.54, 1.807) is 11.3 Å². The summed E-state index contributed by atoms with van der Waals surface area (Å²) in [7, 11) is 0. The van der Waals surface area contributed by atoms with Crippen molar-refractivity contribution < 1.29 is 0 Å². The van der Waals surface area contributed by atoms with Crippen LogP contribution in [0.4, 0.5) is 5.69 Å². The summed E-state index contributed by atoms with van der Waals surface area (Å²) in [5, 5.41) is 15.6. The third-order valence-electron chi connectivity index (χ3n) is 5.05. The van der Waals surface area contributed by atoms with Crippen molar-refractivity contribution in [1.29, 1.82) is 0 Å². The van der Waals surface area contributed by atoms with Crippen LogP contribution in [-0.4, -0.2) is 45.7 Å². The molecule has 4 aromatic heterocycles. The first-order chi connectivity index (χ1) is 13.3. The fourth-order valence-corrected chi connectivity index (χ4v) is 4.32. The first kappa shape index (κ1) is 17.9. The number of thiophene rings is 1. The average molecular weight is 380 g/mol. The molecule has 4 aromatic rings. The van der Waals surface area contributed by atoms with Crippen molar-refractivity contribution >= 4 is 33.4 Å². The van der Waals surface area contributed by atoms with Gasteiger partial charge in [0.1, 0.15) is 5.69 Å². The Hall–Kier alpha value is -2.44. The molecule has 6 heteroatoms. The molecule has 0 atom stereocenters. The zero-order valence-corrected chi connectivity index (χ0v) is 16.7. The lowest BCUT2D eigenvalue weighted by Gasteiger charge is -2.17. The van der Waals surface area contributed by atoms with E-state index < -0.39 is 0 Å². The number of hydrogen-bond donors (Lipinski definition) is 1. The summed E-state index contributed by atoms with van der Waals surface area (Å²) < 4.78 is 2.23. The summed E-state index contributed by atoms with van der Waals surface area (Å²) in [4.78, 5) is 3.60. The second-order valence-corrected chi connectivity index (χ2v) is 7.52. The quantitative estimate of drug-likeness (QED) is 0.449. The molecule has 0 bridgehead atoms. The summed E-state index contributed by atoms with van der Waals surface area (Å²) in [6, 6.07) is 10.5. The summed E-state index contributed by atoms with van der Waals surface area (Å²) in [5.41, 5.74) is 4.38. The number of hydrogen-bond acceptors (Lipinski definition) is 5. The molecule has 5 nitrogen and oxygen atoms in total. The zero-order chi connectivity index (χ0) is 18.6. The van der Waals surface area contributed by atoms with Crippen LogP contribution in [-0.2, 0) is 0 Å². The van der Waals surface area contributed by atoms with E-state index in [2.05, 4.69) is 80.6 Å². The van der Waals surface area contributed by atoms with Crippen LogP contribution in [0.15, 0.2) is 48.1 Å². The van der Waals surface area contributed by atoms with E-state index in [0.717, 1.165) is 59.8 Å². The molecule has 27 heavy (non-hydrogen) atoms. The highest BCUT2D eigenvalue weighted by Gasteiger charge is 2.17. The molecule has 0 fully saturated rings. The van der Waals surface area contributed by atoms with Gasteiger partial charge in [0.25, 0.3) is 0 Å². The van der Waals surface area contributed by atoms with Crippen LogP contribution in [0, 0.1) is 0 Å². The van der Waals surface area contributed by atoms with Crippen molar-refractivity contribution in [2.24, 2.45) is 0 Å². The van der Waals surface area contributed by atoms with Gasteiger partial charge in [-0.1, -0.05) is 26.0 Å². The lowest BCUT2D eigenvalue weighted by atomic mass is 10.2. The van der Waals surface area contributed by atoms with Crippen molar-refractivity contribution in [3.05, 3.63) is 48.1 Å². The van der Waals surface area contributed by atoms with E-state index in [-0.39, 0.29) is 0 Å². The summed E-state index contributed by atoms with van der Waals surface area (Å²) >= 11 is 1.70. The third kappa shape index (κ3) is 3.42. The van der Waals surface area contributed by atoms with Crippen molar-refractivity contribution in [3.8, 4) is 10.6 Å². The number of nitrogens with one attached hydrogen (secondary N) is 1. The molecule has 0 amide bonds. The van der Waals surface area contributed by atoms with E-state index in [4.69, 9.17) is 0 Å². The molecular weight excluding hydrogens is 354 g/mol. The molecule has 0 spiro atoms. The Morgan fingerprint density at radius 1 is 1.15 bits per heavy atom. The summed E-state index contributed by atoms with van der Waals surface area (Å²) in [5.74, 6) is 0. The molecule has 0 aromatic carbocycles. The number of rotatable bonds is 8. The van der Waals surface area contributed by atoms with Crippen LogP contribution in [0.2, 0.25) is 0 Å². The molecule has 0 aliphatic heterocycles. The van der Waals surface area contributed by atoms with Gasteiger partial charge in [0.05, 0.1) is 27.8 Å². The highest BCUT2D eigenvalue weighted by Crippen LogP contribution is 2.36. The first-order valence-corrected chi connectivity index (χ1v) is 10.5. The average Bonchev–Trinajstić information content (AvgIpc) is 3.35. The molecule has 4 rings (SSSR count). The van der Waals surface area contributed by atoms with Crippen LogP contribution in [0.5, 0.6) is 0 Å². The Kier molecular flexibility index (Phi) is 5.36. The lowest BCUT2D eigenvalue weighted by Crippen LogP contribution is -2.25. The zero-order valence-electron chi connectivity index (χ0n) is 15.9.